The Labute approximate surface area is 84.1 Å². The molecule has 1 aliphatic heterocycles. The van der Waals surface area contributed by atoms with Gasteiger partial charge in [-0.3, -0.25) is 4.79 Å². The van der Waals surface area contributed by atoms with E-state index in [9.17, 15) is 4.79 Å². The molecule has 1 amide bonds. The third kappa shape index (κ3) is 2.90. The zero-order chi connectivity index (χ0) is 9.10. The smallest absolute Gasteiger partial charge is 0.281 e. The van der Waals surface area contributed by atoms with E-state index in [4.69, 9.17) is 0 Å². The van der Waals surface area contributed by atoms with Crippen molar-refractivity contribution < 1.29 is 4.79 Å². The third-order valence-corrected chi connectivity index (χ3v) is 3.92. The molecule has 1 heterocycles. The quantitative estimate of drug-likeness (QED) is 0.647. The van der Waals surface area contributed by atoms with Crippen LogP contribution >= 0.6 is 11.8 Å². The highest BCUT2D eigenvalue weighted by molar-refractivity contribution is 8.14. The molecule has 1 aliphatic carbocycles. The van der Waals surface area contributed by atoms with Crippen molar-refractivity contribution in [2.45, 2.75) is 43.8 Å². The molecular formula is C10H17NOS. The normalized spacial score (nSPS) is 24.2. The molecule has 2 rings (SSSR count). The lowest BCUT2D eigenvalue weighted by molar-refractivity contribution is 0.225. The Balaban J connectivity index is 1.78. The van der Waals surface area contributed by atoms with Crippen molar-refractivity contribution in [1.29, 1.82) is 0 Å². The maximum absolute atomic E-state index is 11.7. The Morgan fingerprint density at radius 2 is 1.69 bits per heavy atom. The first kappa shape index (κ1) is 9.38. The van der Waals surface area contributed by atoms with Gasteiger partial charge in [-0.15, -0.1) is 0 Å². The molecule has 1 saturated carbocycles. The maximum atomic E-state index is 11.7. The number of hydrogen-bond donors (Lipinski definition) is 0. The van der Waals surface area contributed by atoms with Gasteiger partial charge in [0.1, 0.15) is 0 Å². The van der Waals surface area contributed by atoms with Crippen molar-refractivity contribution in [3.05, 3.63) is 0 Å². The van der Waals surface area contributed by atoms with Crippen LogP contribution in [0.1, 0.15) is 38.5 Å². The van der Waals surface area contributed by atoms with E-state index < -0.39 is 0 Å². The van der Waals surface area contributed by atoms with Crippen LogP contribution in [0, 0.1) is 0 Å². The van der Waals surface area contributed by atoms with E-state index in [2.05, 4.69) is 4.90 Å². The highest BCUT2D eigenvalue weighted by Crippen LogP contribution is 2.35. The van der Waals surface area contributed by atoms with Crippen LogP contribution in [0.15, 0.2) is 0 Å². The lowest BCUT2D eigenvalue weighted by atomic mass is 10.2. The number of likely N-dealkylation sites (tertiary alicyclic amines) is 1. The fraction of sp³-hybridized carbons (Fsp3) is 0.900. The minimum atomic E-state index is 0.337. The highest BCUT2D eigenvalue weighted by atomic mass is 32.2. The molecule has 0 aromatic carbocycles. The molecule has 0 aromatic heterocycles. The summed E-state index contributed by atoms with van der Waals surface area (Å²) in [4.78, 5) is 13.7. The molecule has 0 spiro atoms. The maximum Gasteiger partial charge on any atom is 0.281 e. The first-order valence-electron chi connectivity index (χ1n) is 5.32. The van der Waals surface area contributed by atoms with Gasteiger partial charge in [0.05, 0.1) is 0 Å². The number of amides is 1. The second kappa shape index (κ2) is 4.36. The number of rotatable bonds is 1. The lowest BCUT2D eigenvalue weighted by Crippen LogP contribution is -2.28. The molecule has 74 valence electrons. The Morgan fingerprint density at radius 1 is 1.08 bits per heavy atom. The van der Waals surface area contributed by atoms with E-state index in [0.717, 1.165) is 13.1 Å². The fourth-order valence-electron chi connectivity index (χ4n) is 1.66. The monoisotopic (exact) mass is 199 g/mol. The van der Waals surface area contributed by atoms with Gasteiger partial charge in [-0.2, -0.15) is 0 Å². The molecular weight excluding hydrogens is 182 g/mol. The summed E-state index contributed by atoms with van der Waals surface area (Å²) in [6.07, 6.45) is 7.53. The minimum absolute atomic E-state index is 0.337. The topological polar surface area (TPSA) is 20.3 Å². The summed E-state index contributed by atoms with van der Waals surface area (Å²) in [5.74, 6) is 0. The van der Waals surface area contributed by atoms with E-state index >= 15 is 0 Å². The van der Waals surface area contributed by atoms with Crippen LogP contribution in [0.5, 0.6) is 0 Å². The first-order chi connectivity index (χ1) is 6.36. The number of nitrogens with zero attached hydrogens (tertiary/aromatic N) is 1. The zero-order valence-electron chi connectivity index (χ0n) is 8.00. The van der Waals surface area contributed by atoms with Gasteiger partial charge in [0.15, 0.2) is 0 Å². The Bertz CT molecular complexity index is 183. The van der Waals surface area contributed by atoms with Gasteiger partial charge in [0.2, 0.25) is 0 Å². The van der Waals surface area contributed by atoms with Crippen LogP contribution in [0.25, 0.3) is 0 Å². The SMILES string of the molecule is O=C(SC1CC1)N1CCCCCC1. The number of thioether (sulfide) groups is 1. The average molecular weight is 199 g/mol. The molecule has 1 saturated heterocycles. The van der Waals surface area contributed by atoms with Crippen LogP contribution in [-0.4, -0.2) is 28.5 Å². The van der Waals surface area contributed by atoms with Crippen LogP contribution in [0.4, 0.5) is 4.79 Å². The summed E-state index contributed by atoms with van der Waals surface area (Å²) < 4.78 is 0. The lowest BCUT2D eigenvalue weighted by Gasteiger charge is -2.19. The summed E-state index contributed by atoms with van der Waals surface area (Å²) in [5, 5.41) is 1.00. The predicted octanol–water partition coefficient (Wildman–Crippen LogP) is 2.88. The zero-order valence-corrected chi connectivity index (χ0v) is 8.81. The summed E-state index contributed by atoms with van der Waals surface area (Å²) in [6, 6.07) is 0. The summed E-state index contributed by atoms with van der Waals surface area (Å²) >= 11 is 1.57. The molecule has 0 atom stereocenters. The third-order valence-electron chi connectivity index (χ3n) is 2.66. The van der Waals surface area contributed by atoms with Crippen LogP contribution in [-0.2, 0) is 0 Å². The summed E-state index contributed by atoms with van der Waals surface area (Å²) in [5.41, 5.74) is 0. The Morgan fingerprint density at radius 3 is 2.23 bits per heavy atom. The molecule has 0 aromatic rings. The second-order valence-electron chi connectivity index (χ2n) is 3.98. The van der Waals surface area contributed by atoms with E-state index in [1.807, 2.05) is 0 Å². The summed E-state index contributed by atoms with van der Waals surface area (Å²) in [6.45, 7) is 2.00. The number of hydrogen-bond acceptors (Lipinski definition) is 2. The van der Waals surface area contributed by atoms with Crippen molar-refractivity contribution in [3.63, 3.8) is 0 Å². The standard InChI is InChI=1S/C10H17NOS/c12-10(13-9-5-6-9)11-7-3-1-2-4-8-11/h9H,1-8H2. The van der Waals surface area contributed by atoms with Gasteiger partial charge in [-0.25, -0.2) is 0 Å². The van der Waals surface area contributed by atoms with Gasteiger partial charge < -0.3 is 4.90 Å². The molecule has 2 fully saturated rings. The van der Waals surface area contributed by atoms with E-state index in [1.54, 1.807) is 11.8 Å². The van der Waals surface area contributed by atoms with Crippen molar-refractivity contribution in [2.75, 3.05) is 13.1 Å². The minimum Gasteiger partial charge on any atom is -0.334 e. The van der Waals surface area contributed by atoms with Crippen LogP contribution in [0.3, 0.4) is 0 Å². The van der Waals surface area contributed by atoms with Gasteiger partial charge >= 0.3 is 0 Å². The predicted molar refractivity (Wildman–Crippen MR) is 56.1 cm³/mol. The average Bonchev–Trinajstić information content (AvgIpc) is 2.87. The molecule has 13 heavy (non-hydrogen) atoms. The van der Waals surface area contributed by atoms with Crippen LogP contribution < -0.4 is 0 Å². The van der Waals surface area contributed by atoms with Gasteiger partial charge in [0, 0.05) is 18.3 Å². The molecule has 2 aliphatic rings. The highest BCUT2D eigenvalue weighted by Gasteiger charge is 2.27. The Kier molecular flexibility index (Phi) is 3.14. The van der Waals surface area contributed by atoms with Gasteiger partial charge in [0.25, 0.3) is 5.24 Å². The molecule has 3 heteroatoms. The molecule has 0 bridgehead atoms. The van der Waals surface area contributed by atoms with E-state index in [-0.39, 0.29) is 0 Å². The van der Waals surface area contributed by atoms with Crippen LogP contribution in [0.2, 0.25) is 0 Å². The largest absolute Gasteiger partial charge is 0.334 e. The van der Waals surface area contributed by atoms with Crippen molar-refractivity contribution in [2.24, 2.45) is 0 Å². The first-order valence-corrected chi connectivity index (χ1v) is 6.20. The Hall–Kier alpha value is -0.180. The van der Waals surface area contributed by atoms with Gasteiger partial charge in [-0.05, 0) is 25.7 Å². The number of carbonyl (C=O) groups excluding carboxylic acids is 1. The molecule has 0 N–H and O–H groups in total. The van der Waals surface area contributed by atoms with Crippen molar-refractivity contribution in [1.82, 2.24) is 4.90 Å². The fourth-order valence-corrected chi connectivity index (χ4v) is 2.64. The summed E-state index contributed by atoms with van der Waals surface area (Å²) in [7, 11) is 0. The second-order valence-corrected chi connectivity index (χ2v) is 5.24. The molecule has 2 nitrogen and oxygen atoms in total. The van der Waals surface area contributed by atoms with Gasteiger partial charge in [-0.1, -0.05) is 24.6 Å². The van der Waals surface area contributed by atoms with Crippen molar-refractivity contribution >= 4 is 17.0 Å². The van der Waals surface area contributed by atoms with E-state index in [0.29, 0.717) is 10.5 Å². The molecule has 0 radical (unpaired) electrons. The van der Waals surface area contributed by atoms with E-state index in [1.165, 1.54) is 38.5 Å². The molecule has 0 unspecified atom stereocenters. The number of carbonyl (C=O) groups is 1. The van der Waals surface area contributed by atoms with Crippen molar-refractivity contribution in [3.8, 4) is 0 Å².